The number of nitrogens with one attached hydrogen (secondary N) is 1. The summed E-state index contributed by atoms with van der Waals surface area (Å²) >= 11 is 0. The Balaban J connectivity index is 2.33. The SMILES string of the molecule is CNC(=O)OC(c1cc(C)nc2c(-c3c(C)cc(C)cc3C)cccc12)C(F)(F)F. The molecule has 0 aliphatic heterocycles. The molecular weight excluding hydrogens is 393 g/mol. The van der Waals surface area contributed by atoms with E-state index in [9.17, 15) is 18.0 Å². The van der Waals surface area contributed by atoms with Crippen LogP contribution >= 0.6 is 0 Å². The van der Waals surface area contributed by atoms with Crippen molar-refractivity contribution < 1.29 is 22.7 Å². The van der Waals surface area contributed by atoms with Crippen LogP contribution in [0.5, 0.6) is 0 Å². The zero-order chi connectivity index (χ0) is 22.2. The highest BCUT2D eigenvalue weighted by Gasteiger charge is 2.45. The van der Waals surface area contributed by atoms with Crippen LogP contribution in [0.4, 0.5) is 18.0 Å². The molecule has 3 aromatic rings. The third-order valence-electron chi connectivity index (χ3n) is 4.95. The van der Waals surface area contributed by atoms with E-state index in [1.54, 1.807) is 19.1 Å². The fourth-order valence-electron chi connectivity index (χ4n) is 3.90. The van der Waals surface area contributed by atoms with E-state index >= 15 is 0 Å². The van der Waals surface area contributed by atoms with E-state index in [0.717, 1.165) is 27.8 Å². The monoisotopic (exact) mass is 416 g/mol. The average molecular weight is 416 g/mol. The summed E-state index contributed by atoms with van der Waals surface area (Å²) < 4.78 is 46.2. The molecule has 1 atom stereocenters. The Kier molecular flexibility index (Phi) is 5.74. The summed E-state index contributed by atoms with van der Waals surface area (Å²) in [6.45, 7) is 7.56. The van der Waals surface area contributed by atoms with Crippen LogP contribution in [0.1, 0.15) is 34.1 Å². The summed E-state index contributed by atoms with van der Waals surface area (Å²) in [6.07, 6.45) is -8.34. The number of aryl methyl sites for hydroxylation is 4. The second-order valence-corrected chi connectivity index (χ2v) is 7.41. The zero-order valence-corrected chi connectivity index (χ0v) is 17.4. The summed E-state index contributed by atoms with van der Waals surface area (Å²) in [5, 5.41) is 2.38. The van der Waals surface area contributed by atoms with Gasteiger partial charge in [0.25, 0.3) is 0 Å². The van der Waals surface area contributed by atoms with Gasteiger partial charge in [-0.3, -0.25) is 4.98 Å². The molecule has 0 saturated heterocycles. The first-order valence-corrected chi connectivity index (χ1v) is 9.46. The van der Waals surface area contributed by atoms with Crippen LogP contribution in [0.3, 0.4) is 0 Å². The number of alkyl halides is 3. The van der Waals surface area contributed by atoms with Crippen LogP contribution in [0.2, 0.25) is 0 Å². The third-order valence-corrected chi connectivity index (χ3v) is 4.95. The Morgan fingerprint density at radius 1 is 1.07 bits per heavy atom. The number of para-hydroxylation sites is 1. The van der Waals surface area contributed by atoms with Crippen LogP contribution in [-0.2, 0) is 4.74 Å². The minimum Gasteiger partial charge on any atom is -0.432 e. The molecule has 1 N–H and O–H groups in total. The molecule has 30 heavy (non-hydrogen) atoms. The first-order valence-electron chi connectivity index (χ1n) is 9.46. The molecule has 3 rings (SSSR count). The largest absolute Gasteiger partial charge is 0.432 e. The number of rotatable bonds is 3. The lowest BCUT2D eigenvalue weighted by Gasteiger charge is -2.23. The van der Waals surface area contributed by atoms with Crippen LogP contribution in [0, 0.1) is 27.7 Å². The maximum Gasteiger partial charge on any atom is 0.429 e. The van der Waals surface area contributed by atoms with E-state index in [0.29, 0.717) is 16.6 Å². The molecule has 7 heteroatoms. The molecular formula is C23H23F3N2O2. The van der Waals surface area contributed by atoms with Crippen molar-refractivity contribution in [1.29, 1.82) is 0 Å². The van der Waals surface area contributed by atoms with Crippen LogP contribution in [0.15, 0.2) is 36.4 Å². The van der Waals surface area contributed by atoms with E-state index in [-0.39, 0.29) is 5.56 Å². The van der Waals surface area contributed by atoms with E-state index < -0.39 is 18.4 Å². The van der Waals surface area contributed by atoms with E-state index in [1.165, 1.54) is 13.1 Å². The molecule has 2 aromatic carbocycles. The molecule has 1 amide bonds. The van der Waals surface area contributed by atoms with Crippen molar-refractivity contribution in [3.05, 3.63) is 64.3 Å². The number of pyridine rings is 1. The lowest BCUT2D eigenvalue weighted by Crippen LogP contribution is -2.30. The molecule has 0 aliphatic carbocycles. The van der Waals surface area contributed by atoms with Crippen LogP contribution < -0.4 is 5.32 Å². The van der Waals surface area contributed by atoms with Gasteiger partial charge in [-0.15, -0.1) is 0 Å². The van der Waals surface area contributed by atoms with Crippen molar-refractivity contribution in [2.45, 2.75) is 40.0 Å². The number of benzene rings is 2. The average Bonchev–Trinajstić information content (AvgIpc) is 2.64. The first kappa shape index (κ1) is 21.6. The Hall–Kier alpha value is -3.09. The number of alkyl carbamates (subject to hydrolysis) is 1. The fraction of sp³-hybridized carbons (Fsp3) is 0.304. The number of fused-ring (bicyclic) bond motifs is 1. The number of hydrogen-bond donors (Lipinski definition) is 1. The number of aromatic nitrogens is 1. The third kappa shape index (κ3) is 4.10. The number of carbonyl (C=O) groups excluding carboxylic acids is 1. The Labute approximate surface area is 173 Å². The molecule has 1 aromatic heterocycles. The van der Waals surface area contributed by atoms with Crippen molar-refractivity contribution in [2.24, 2.45) is 0 Å². The van der Waals surface area contributed by atoms with Gasteiger partial charge in [0.2, 0.25) is 6.10 Å². The number of nitrogens with zero attached hydrogens (tertiary/aromatic N) is 1. The predicted molar refractivity (Wildman–Crippen MR) is 110 cm³/mol. The van der Waals surface area contributed by atoms with E-state index in [1.807, 2.05) is 39.0 Å². The minimum absolute atomic E-state index is 0.141. The second-order valence-electron chi connectivity index (χ2n) is 7.41. The second kappa shape index (κ2) is 7.97. The molecule has 1 heterocycles. The molecule has 0 aliphatic rings. The minimum atomic E-state index is -4.78. The normalized spacial score (nSPS) is 12.7. The van der Waals surface area contributed by atoms with Crippen LogP contribution in [-0.4, -0.2) is 24.3 Å². The molecule has 1 unspecified atom stereocenters. The van der Waals surface area contributed by atoms with Gasteiger partial charge >= 0.3 is 12.3 Å². The summed E-state index contributed by atoms with van der Waals surface area (Å²) in [7, 11) is 1.22. The van der Waals surface area contributed by atoms with Crippen molar-refractivity contribution in [1.82, 2.24) is 10.3 Å². The van der Waals surface area contributed by atoms with Gasteiger partial charge in [-0.1, -0.05) is 35.9 Å². The van der Waals surface area contributed by atoms with Gasteiger partial charge in [0.05, 0.1) is 5.52 Å². The van der Waals surface area contributed by atoms with E-state index in [4.69, 9.17) is 4.74 Å². The van der Waals surface area contributed by atoms with Gasteiger partial charge in [-0.05, 0) is 50.5 Å². The van der Waals surface area contributed by atoms with Crippen molar-refractivity contribution >= 4 is 17.0 Å². The summed E-state index contributed by atoms with van der Waals surface area (Å²) in [6, 6.07) is 10.5. The Bertz CT molecular complexity index is 1100. The molecule has 4 nitrogen and oxygen atoms in total. The van der Waals surface area contributed by atoms with Gasteiger partial charge in [0.1, 0.15) is 0 Å². The van der Waals surface area contributed by atoms with Gasteiger partial charge in [-0.2, -0.15) is 13.2 Å². The number of carbonyl (C=O) groups is 1. The lowest BCUT2D eigenvalue weighted by atomic mass is 9.90. The molecule has 158 valence electrons. The quantitative estimate of drug-likeness (QED) is 0.562. The lowest BCUT2D eigenvalue weighted by molar-refractivity contribution is -0.206. The molecule has 0 saturated carbocycles. The van der Waals surface area contributed by atoms with Crippen LogP contribution in [0.25, 0.3) is 22.0 Å². The number of hydrogen-bond acceptors (Lipinski definition) is 3. The zero-order valence-electron chi connectivity index (χ0n) is 17.4. The number of amides is 1. The molecule has 0 bridgehead atoms. The van der Waals surface area contributed by atoms with Gasteiger partial charge < -0.3 is 10.1 Å². The van der Waals surface area contributed by atoms with Crippen molar-refractivity contribution in [3.8, 4) is 11.1 Å². The molecule has 0 spiro atoms. The fourth-order valence-corrected chi connectivity index (χ4v) is 3.90. The highest BCUT2D eigenvalue weighted by molar-refractivity contribution is 5.97. The van der Waals surface area contributed by atoms with Crippen molar-refractivity contribution in [3.63, 3.8) is 0 Å². The summed E-state index contributed by atoms with van der Waals surface area (Å²) in [5.41, 5.74) is 5.52. The van der Waals surface area contributed by atoms with Crippen molar-refractivity contribution in [2.75, 3.05) is 7.05 Å². The Morgan fingerprint density at radius 2 is 1.70 bits per heavy atom. The maximum atomic E-state index is 13.8. The molecule has 0 fully saturated rings. The highest BCUT2D eigenvalue weighted by Crippen LogP contribution is 2.41. The first-order chi connectivity index (χ1) is 14.0. The topological polar surface area (TPSA) is 51.2 Å². The highest BCUT2D eigenvalue weighted by atomic mass is 19.4. The Morgan fingerprint density at radius 3 is 2.27 bits per heavy atom. The predicted octanol–water partition coefficient (Wildman–Crippen LogP) is 6.09. The smallest absolute Gasteiger partial charge is 0.429 e. The van der Waals surface area contributed by atoms with E-state index in [2.05, 4.69) is 10.3 Å². The number of halogens is 3. The summed E-state index contributed by atoms with van der Waals surface area (Å²) in [4.78, 5) is 16.2. The van der Waals surface area contributed by atoms with Gasteiger partial charge in [-0.25, -0.2) is 4.79 Å². The maximum absolute atomic E-state index is 13.8. The molecule has 0 radical (unpaired) electrons. The summed E-state index contributed by atoms with van der Waals surface area (Å²) in [5.74, 6) is 0. The standard InChI is InChI=1S/C23H23F3N2O2/c1-12-9-13(2)19(14(3)10-12)17-8-6-7-16-18(11-15(4)28-20(16)17)21(23(24,25)26)30-22(29)27-5/h6-11,21H,1-5H3,(H,27,29). The van der Waals surface area contributed by atoms with Gasteiger partial charge in [0, 0.05) is 29.3 Å². The number of ether oxygens (including phenoxy) is 1. The van der Waals surface area contributed by atoms with Gasteiger partial charge in [0.15, 0.2) is 0 Å².